The Hall–Kier alpha value is -3.64. The molecule has 0 aliphatic carbocycles. The third kappa shape index (κ3) is 4.81. The third-order valence-electron chi connectivity index (χ3n) is 5.19. The van der Waals surface area contributed by atoms with Crippen LogP contribution in [0.4, 0.5) is 0 Å². The normalized spacial score (nSPS) is 10.8. The molecule has 0 saturated heterocycles. The highest BCUT2D eigenvalue weighted by Gasteiger charge is 2.13. The molecule has 0 spiro atoms. The molecule has 0 saturated carbocycles. The van der Waals surface area contributed by atoms with E-state index in [0.29, 0.717) is 22.9 Å². The summed E-state index contributed by atoms with van der Waals surface area (Å²) in [4.78, 5) is 23.6. The summed E-state index contributed by atoms with van der Waals surface area (Å²) >= 11 is 3.37. The number of hydrogen-bond acceptors (Lipinski definition) is 4. The van der Waals surface area contributed by atoms with Crippen molar-refractivity contribution in [2.75, 3.05) is 0 Å². The molecule has 0 radical (unpaired) electrons. The van der Waals surface area contributed by atoms with Gasteiger partial charge >= 0.3 is 11.9 Å². The van der Waals surface area contributed by atoms with Crippen molar-refractivity contribution in [2.45, 2.75) is 13.0 Å². The van der Waals surface area contributed by atoms with E-state index in [2.05, 4.69) is 15.9 Å². The minimum atomic E-state index is -0.982. The van der Waals surface area contributed by atoms with Crippen molar-refractivity contribution in [3.8, 4) is 5.75 Å². The fourth-order valence-corrected chi connectivity index (χ4v) is 3.68. The number of halogens is 1. The van der Waals surface area contributed by atoms with Crippen LogP contribution in [0.1, 0.15) is 37.4 Å². The summed E-state index contributed by atoms with van der Waals surface area (Å²) in [6.07, 6.45) is 0.430. The number of carbonyl (C=O) groups excluding carboxylic acids is 1. The highest BCUT2D eigenvalue weighted by molar-refractivity contribution is 9.10. The predicted molar refractivity (Wildman–Crippen MR) is 125 cm³/mol. The van der Waals surface area contributed by atoms with Gasteiger partial charge in [0.25, 0.3) is 0 Å². The van der Waals surface area contributed by atoms with Crippen LogP contribution in [0, 0.1) is 0 Å². The van der Waals surface area contributed by atoms with Crippen molar-refractivity contribution < 1.29 is 24.5 Å². The molecule has 0 aliphatic heterocycles. The Morgan fingerprint density at radius 1 is 0.812 bits per heavy atom. The van der Waals surface area contributed by atoms with Gasteiger partial charge < -0.3 is 14.9 Å². The van der Waals surface area contributed by atoms with E-state index in [1.165, 1.54) is 12.1 Å². The number of aromatic hydroxyl groups is 1. The maximum absolute atomic E-state index is 12.5. The summed E-state index contributed by atoms with van der Waals surface area (Å²) in [6.45, 7) is 0.155. The lowest BCUT2D eigenvalue weighted by Gasteiger charge is -2.10. The van der Waals surface area contributed by atoms with Crippen LogP contribution in [0.3, 0.4) is 0 Å². The monoisotopic (exact) mass is 490 g/mol. The molecule has 0 aliphatic rings. The Bertz CT molecular complexity index is 1290. The van der Waals surface area contributed by atoms with Crippen LogP contribution >= 0.6 is 15.9 Å². The van der Waals surface area contributed by atoms with E-state index in [0.717, 1.165) is 21.0 Å². The number of ether oxygens (including phenoxy) is 1. The first-order chi connectivity index (χ1) is 15.4. The molecule has 0 unspecified atom stereocenters. The number of carboxylic acid groups (broad SMARTS) is 1. The lowest BCUT2D eigenvalue weighted by molar-refractivity contribution is 0.0472. The molecule has 5 nitrogen and oxygen atoms in total. The molecular weight excluding hydrogens is 472 g/mol. The molecular formula is C26H19BrO5. The van der Waals surface area contributed by atoms with E-state index in [9.17, 15) is 14.7 Å². The zero-order valence-corrected chi connectivity index (χ0v) is 18.5. The van der Waals surface area contributed by atoms with Crippen molar-refractivity contribution >= 4 is 38.6 Å². The number of rotatable bonds is 6. The number of aromatic carboxylic acids is 1. The molecule has 0 aromatic heterocycles. The number of hydrogen-bond donors (Lipinski definition) is 2. The maximum Gasteiger partial charge on any atom is 0.338 e. The molecule has 160 valence electrons. The number of fused-ring (bicyclic) bond motifs is 1. The van der Waals surface area contributed by atoms with Crippen molar-refractivity contribution in [2.24, 2.45) is 0 Å². The molecule has 0 fully saturated rings. The second-order valence-corrected chi connectivity index (χ2v) is 8.31. The second kappa shape index (κ2) is 9.24. The topological polar surface area (TPSA) is 83.8 Å². The Morgan fingerprint density at radius 2 is 1.44 bits per heavy atom. The van der Waals surface area contributed by atoms with Gasteiger partial charge in [-0.1, -0.05) is 58.4 Å². The van der Waals surface area contributed by atoms with Gasteiger partial charge in [-0.05, 0) is 58.5 Å². The van der Waals surface area contributed by atoms with Crippen molar-refractivity contribution in [1.29, 1.82) is 0 Å². The van der Waals surface area contributed by atoms with E-state index in [1.54, 1.807) is 30.3 Å². The van der Waals surface area contributed by atoms with Gasteiger partial charge in [0.2, 0.25) is 0 Å². The first kappa shape index (κ1) is 21.6. The molecule has 4 rings (SSSR count). The lowest BCUT2D eigenvalue weighted by Crippen LogP contribution is -2.05. The molecule has 0 heterocycles. The lowest BCUT2D eigenvalue weighted by atomic mass is 9.98. The minimum Gasteiger partial charge on any atom is -0.507 e. The van der Waals surface area contributed by atoms with Crippen LogP contribution < -0.4 is 0 Å². The van der Waals surface area contributed by atoms with Gasteiger partial charge in [-0.2, -0.15) is 0 Å². The third-order valence-corrected chi connectivity index (χ3v) is 5.72. The number of phenols is 1. The molecule has 32 heavy (non-hydrogen) atoms. The van der Waals surface area contributed by atoms with E-state index in [1.807, 2.05) is 36.4 Å². The van der Waals surface area contributed by atoms with Gasteiger partial charge in [-0.15, -0.1) is 0 Å². The summed E-state index contributed by atoms with van der Waals surface area (Å²) in [7, 11) is 0. The molecule has 6 heteroatoms. The van der Waals surface area contributed by atoms with Crippen LogP contribution in [-0.4, -0.2) is 22.2 Å². The minimum absolute atomic E-state index is 0.0902. The Morgan fingerprint density at radius 3 is 2.12 bits per heavy atom. The Balaban J connectivity index is 1.54. The summed E-state index contributed by atoms with van der Waals surface area (Å²) < 4.78 is 6.37. The van der Waals surface area contributed by atoms with Gasteiger partial charge in [0, 0.05) is 16.3 Å². The van der Waals surface area contributed by atoms with Crippen LogP contribution in [-0.2, 0) is 17.8 Å². The standard InChI is InChI=1S/C26H19BrO5/c27-22-11-3-17(4-12-22)15-32-26(31)21-10-8-18-7-9-20(24(28)23(18)14-21)13-16-1-5-19(6-2-16)25(29)30/h1-12,14,28H,13,15H2,(H,29,30). The average Bonchev–Trinajstić information content (AvgIpc) is 2.80. The van der Waals surface area contributed by atoms with E-state index < -0.39 is 11.9 Å². The zero-order valence-electron chi connectivity index (χ0n) is 16.9. The summed E-state index contributed by atoms with van der Waals surface area (Å²) in [5.74, 6) is -1.36. The average molecular weight is 491 g/mol. The van der Waals surface area contributed by atoms with Gasteiger partial charge in [-0.3, -0.25) is 0 Å². The zero-order chi connectivity index (χ0) is 22.7. The highest BCUT2D eigenvalue weighted by Crippen LogP contribution is 2.31. The molecule has 0 bridgehead atoms. The first-order valence-corrected chi connectivity index (χ1v) is 10.7. The summed E-state index contributed by atoms with van der Waals surface area (Å²) in [6, 6.07) is 22.8. The fraction of sp³-hybridized carbons (Fsp3) is 0.0769. The van der Waals surface area contributed by atoms with Gasteiger partial charge in [0.05, 0.1) is 11.1 Å². The predicted octanol–water partition coefficient (Wildman–Crippen LogP) is 5.95. The highest BCUT2D eigenvalue weighted by atomic mass is 79.9. The van der Waals surface area contributed by atoms with Crippen LogP contribution in [0.5, 0.6) is 5.75 Å². The van der Waals surface area contributed by atoms with E-state index in [4.69, 9.17) is 9.84 Å². The van der Waals surface area contributed by atoms with Crippen LogP contribution in [0.25, 0.3) is 10.8 Å². The molecule has 0 amide bonds. The quantitative estimate of drug-likeness (QED) is 0.326. The molecule has 4 aromatic carbocycles. The molecule has 4 aromatic rings. The summed E-state index contributed by atoms with van der Waals surface area (Å²) in [5, 5.41) is 21.2. The van der Waals surface area contributed by atoms with E-state index >= 15 is 0 Å². The van der Waals surface area contributed by atoms with Crippen LogP contribution in [0.15, 0.2) is 83.3 Å². The first-order valence-electron chi connectivity index (χ1n) is 9.89. The molecule has 0 atom stereocenters. The van der Waals surface area contributed by atoms with Crippen molar-refractivity contribution in [3.05, 3.63) is 111 Å². The Labute approximate surface area is 193 Å². The number of esters is 1. The second-order valence-electron chi connectivity index (χ2n) is 7.39. The SMILES string of the molecule is O=C(O)c1ccc(Cc2ccc3ccc(C(=O)OCc4ccc(Br)cc4)cc3c2O)cc1. The maximum atomic E-state index is 12.5. The van der Waals surface area contributed by atoms with Gasteiger partial charge in [0.1, 0.15) is 12.4 Å². The fourth-order valence-electron chi connectivity index (χ4n) is 3.42. The smallest absolute Gasteiger partial charge is 0.338 e. The summed E-state index contributed by atoms with van der Waals surface area (Å²) in [5.41, 5.74) is 2.99. The largest absolute Gasteiger partial charge is 0.507 e. The van der Waals surface area contributed by atoms with E-state index in [-0.39, 0.29) is 17.9 Å². The van der Waals surface area contributed by atoms with Gasteiger partial charge in [0.15, 0.2) is 0 Å². The number of benzene rings is 4. The number of carbonyl (C=O) groups is 2. The van der Waals surface area contributed by atoms with Gasteiger partial charge in [-0.25, -0.2) is 9.59 Å². The number of phenolic OH excluding ortho intramolecular Hbond substituents is 1. The number of carboxylic acids is 1. The van der Waals surface area contributed by atoms with Crippen molar-refractivity contribution in [3.63, 3.8) is 0 Å². The molecule has 2 N–H and O–H groups in total. The Kier molecular flexibility index (Phi) is 6.23. The van der Waals surface area contributed by atoms with Crippen molar-refractivity contribution in [1.82, 2.24) is 0 Å². The van der Waals surface area contributed by atoms with Crippen LogP contribution in [0.2, 0.25) is 0 Å².